The van der Waals surface area contributed by atoms with Crippen molar-refractivity contribution < 1.29 is 14.3 Å². The molecule has 0 spiro atoms. The third-order valence-corrected chi connectivity index (χ3v) is 5.86. The fourth-order valence-corrected chi connectivity index (χ4v) is 4.48. The van der Waals surface area contributed by atoms with Crippen molar-refractivity contribution in [1.82, 2.24) is 14.9 Å². The highest BCUT2D eigenvalue weighted by molar-refractivity contribution is 8.04. The number of nitrogens with zero attached hydrogens (tertiary/aromatic N) is 3. The molecule has 4 rings (SSSR count). The van der Waals surface area contributed by atoms with Crippen LogP contribution in [0.5, 0.6) is 5.75 Å². The first-order valence-electron chi connectivity index (χ1n) is 10.6. The van der Waals surface area contributed by atoms with Crippen LogP contribution < -0.4 is 10.1 Å². The van der Waals surface area contributed by atoms with Gasteiger partial charge in [0.05, 0.1) is 18.8 Å². The van der Waals surface area contributed by atoms with Crippen LogP contribution in [0.1, 0.15) is 23.9 Å². The molecule has 8 heteroatoms. The molecule has 2 amide bonds. The minimum absolute atomic E-state index is 0.175. The van der Waals surface area contributed by atoms with Gasteiger partial charge in [0, 0.05) is 11.4 Å². The molecule has 1 aliphatic rings. The number of carbonyl (C=O) groups excluding carboxylic acids is 2. The number of ether oxygens (including phenoxy) is 1. The maximum absolute atomic E-state index is 13.4. The molecule has 0 aliphatic carbocycles. The lowest BCUT2D eigenvalue weighted by atomic mass is 10.2. The summed E-state index contributed by atoms with van der Waals surface area (Å²) in [4.78, 5) is 37.2. The van der Waals surface area contributed by atoms with Gasteiger partial charge in [-0.3, -0.25) is 14.5 Å². The maximum Gasteiger partial charge on any atom is 0.278 e. The second-order valence-electron chi connectivity index (χ2n) is 7.48. The van der Waals surface area contributed by atoms with Crippen LogP contribution in [0.4, 0.5) is 5.69 Å². The van der Waals surface area contributed by atoms with Gasteiger partial charge in [-0.25, -0.2) is 9.97 Å². The Balaban J connectivity index is 1.72. The summed E-state index contributed by atoms with van der Waals surface area (Å²) in [5.74, 6) is -0.184. The fraction of sp³-hybridized carbons (Fsp3) is 0.200. The Morgan fingerprint density at radius 1 is 0.939 bits per heavy atom. The third kappa shape index (κ3) is 5.06. The Hall–Kier alpha value is -3.65. The number of hydrogen-bond donors (Lipinski definition) is 1. The van der Waals surface area contributed by atoms with Gasteiger partial charge in [-0.05, 0) is 56.3 Å². The van der Waals surface area contributed by atoms with Crippen molar-refractivity contribution in [3.8, 4) is 5.75 Å². The highest BCUT2D eigenvalue weighted by Gasteiger charge is 2.40. The van der Waals surface area contributed by atoms with E-state index in [1.54, 1.807) is 0 Å². The normalized spacial score (nSPS) is 13.6. The highest BCUT2D eigenvalue weighted by atomic mass is 32.2. The highest BCUT2D eigenvalue weighted by Crippen LogP contribution is 2.36. The van der Waals surface area contributed by atoms with Crippen LogP contribution in [0.2, 0.25) is 0 Å². The number of aromatic nitrogens is 2. The lowest BCUT2D eigenvalue weighted by Crippen LogP contribution is -2.32. The molecule has 0 saturated heterocycles. The van der Waals surface area contributed by atoms with Crippen molar-refractivity contribution in [3.63, 3.8) is 0 Å². The van der Waals surface area contributed by atoms with Gasteiger partial charge in [-0.15, -0.1) is 0 Å². The molecule has 2 heterocycles. The Bertz CT molecular complexity index is 1210. The van der Waals surface area contributed by atoms with Gasteiger partial charge in [0.2, 0.25) is 0 Å². The number of rotatable bonds is 8. The van der Waals surface area contributed by atoms with Crippen molar-refractivity contribution in [3.05, 3.63) is 88.2 Å². The molecule has 33 heavy (non-hydrogen) atoms. The van der Waals surface area contributed by atoms with Crippen LogP contribution in [-0.2, 0) is 16.1 Å². The van der Waals surface area contributed by atoms with Gasteiger partial charge in [-0.1, -0.05) is 42.5 Å². The van der Waals surface area contributed by atoms with Crippen molar-refractivity contribution in [2.75, 3.05) is 11.9 Å². The minimum atomic E-state index is -0.401. The monoisotopic (exact) mass is 460 g/mol. The second-order valence-corrected chi connectivity index (χ2v) is 8.45. The van der Waals surface area contributed by atoms with Gasteiger partial charge in [0.1, 0.15) is 16.4 Å². The number of anilines is 1. The van der Waals surface area contributed by atoms with E-state index in [-0.39, 0.29) is 23.1 Å². The van der Waals surface area contributed by atoms with Crippen LogP contribution in [-0.4, -0.2) is 33.3 Å². The predicted octanol–water partition coefficient (Wildman–Crippen LogP) is 4.48. The molecule has 7 nitrogen and oxygen atoms in total. The third-order valence-electron chi connectivity index (χ3n) is 4.91. The number of aryl methyl sites for hydroxylation is 2. The Kier molecular flexibility index (Phi) is 6.74. The average Bonchev–Trinajstić information content (AvgIpc) is 3.00. The van der Waals surface area contributed by atoms with Crippen LogP contribution >= 0.6 is 11.8 Å². The number of nitrogens with one attached hydrogen (secondary N) is 1. The van der Waals surface area contributed by atoms with E-state index in [1.165, 1.54) is 4.90 Å². The molecule has 1 aromatic heterocycles. The predicted molar refractivity (Wildman–Crippen MR) is 128 cm³/mol. The molecule has 2 aromatic carbocycles. The molecular weight excluding hydrogens is 436 g/mol. The van der Waals surface area contributed by atoms with Crippen molar-refractivity contribution >= 4 is 29.3 Å². The first-order valence-corrected chi connectivity index (χ1v) is 11.4. The number of para-hydroxylation sites is 2. The molecule has 168 valence electrons. The molecule has 0 unspecified atom stereocenters. The van der Waals surface area contributed by atoms with E-state index in [9.17, 15) is 9.59 Å². The molecule has 0 saturated carbocycles. The van der Waals surface area contributed by atoms with Gasteiger partial charge in [0.15, 0.2) is 5.16 Å². The first kappa shape index (κ1) is 22.5. The molecule has 1 aliphatic heterocycles. The quantitative estimate of drug-likeness (QED) is 0.392. The molecule has 0 atom stereocenters. The van der Waals surface area contributed by atoms with E-state index in [2.05, 4.69) is 15.3 Å². The number of benzene rings is 2. The molecular formula is C25H24N4O3S. The first-order chi connectivity index (χ1) is 16.0. The van der Waals surface area contributed by atoms with Crippen molar-refractivity contribution in [2.24, 2.45) is 0 Å². The largest absolute Gasteiger partial charge is 0.492 e. The molecule has 1 N–H and O–H groups in total. The van der Waals surface area contributed by atoms with Gasteiger partial charge >= 0.3 is 0 Å². The molecule has 3 aromatic rings. The summed E-state index contributed by atoms with van der Waals surface area (Å²) in [6, 6.07) is 18.6. The minimum Gasteiger partial charge on any atom is -0.492 e. The summed E-state index contributed by atoms with van der Waals surface area (Å²) in [5, 5.41) is 3.58. The van der Waals surface area contributed by atoms with Crippen LogP contribution in [0, 0.1) is 13.8 Å². The van der Waals surface area contributed by atoms with Gasteiger partial charge < -0.3 is 10.1 Å². The number of hydrogen-bond acceptors (Lipinski definition) is 7. The summed E-state index contributed by atoms with van der Waals surface area (Å²) in [5.41, 5.74) is 3.24. The molecule has 0 bridgehead atoms. The van der Waals surface area contributed by atoms with Crippen LogP contribution in [0.15, 0.2) is 76.4 Å². The van der Waals surface area contributed by atoms with E-state index in [0.29, 0.717) is 23.2 Å². The van der Waals surface area contributed by atoms with E-state index in [1.807, 2.05) is 81.4 Å². The second kappa shape index (κ2) is 9.87. The Labute approximate surface area is 196 Å². The van der Waals surface area contributed by atoms with Gasteiger partial charge in [-0.2, -0.15) is 0 Å². The summed E-state index contributed by atoms with van der Waals surface area (Å²) < 4.78 is 5.69. The lowest BCUT2D eigenvalue weighted by Gasteiger charge is -2.16. The maximum atomic E-state index is 13.4. The smallest absolute Gasteiger partial charge is 0.278 e. The number of carbonyl (C=O) groups is 2. The van der Waals surface area contributed by atoms with Crippen LogP contribution in [0.25, 0.3) is 0 Å². The molecule has 0 radical (unpaired) electrons. The summed E-state index contributed by atoms with van der Waals surface area (Å²) in [7, 11) is 0. The zero-order valence-corrected chi connectivity index (χ0v) is 19.5. The zero-order valence-electron chi connectivity index (χ0n) is 18.7. The van der Waals surface area contributed by atoms with E-state index in [4.69, 9.17) is 4.74 Å². The van der Waals surface area contributed by atoms with E-state index >= 15 is 0 Å². The van der Waals surface area contributed by atoms with E-state index in [0.717, 1.165) is 28.7 Å². The van der Waals surface area contributed by atoms with E-state index < -0.39 is 5.91 Å². The van der Waals surface area contributed by atoms with Crippen LogP contribution in [0.3, 0.4) is 0 Å². The zero-order chi connectivity index (χ0) is 23.4. The van der Waals surface area contributed by atoms with Gasteiger partial charge in [0.25, 0.3) is 11.8 Å². The topological polar surface area (TPSA) is 84.4 Å². The summed E-state index contributed by atoms with van der Waals surface area (Å²) >= 11 is 1.09. The van der Waals surface area contributed by atoms with Crippen molar-refractivity contribution in [2.45, 2.75) is 32.5 Å². The molecule has 0 fully saturated rings. The Morgan fingerprint density at radius 2 is 1.61 bits per heavy atom. The number of imide groups is 1. The lowest BCUT2D eigenvalue weighted by molar-refractivity contribution is -0.137. The SMILES string of the molecule is CCOc1ccccc1NC1=C(Sc2nc(C)cc(C)n2)C(=O)N(Cc2ccccc2)C1=O. The Morgan fingerprint density at radius 3 is 2.30 bits per heavy atom. The average molecular weight is 461 g/mol. The van der Waals surface area contributed by atoms with Crippen molar-refractivity contribution in [1.29, 1.82) is 0 Å². The summed E-state index contributed by atoms with van der Waals surface area (Å²) in [6.45, 7) is 6.28. The summed E-state index contributed by atoms with van der Waals surface area (Å²) in [6.07, 6.45) is 0. The standard InChI is InChI=1S/C25H24N4O3S/c1-4-32-20-13-9-8-12-19(20)28-21-22(33-25-26-16(2)14-17(3)27-25)24(31)29(23(21)30)15-18-10-6-5-7-11-18/h5-14,28H,4,15H2,1-3H3. The fourth-order valence-electron chi connectivity index (χ4n) is 3.48. The number of thioether (sulfide) groups is 1. The number of amides is 2.